The number of aromatic nitrogens is 2. The van der Waals surface area contributed by atoms with Crippen LogP contribution in [0.1, 0.15) is 31.7 Å². The number of ether oxygens (including phenoxy) is 2. The van der Waals surface area contributed by atoms with Crippen LogP contribution in [-0.4, -0.2) is 29.9 Å². The van der Waals surface area contributed by atoms with E-state index in [9.17, 15) is 4.79 Å². The highest BCUT2D eigenvalue weighted by Gasteiger charge is 2.25. The van der Waals surface area contributed by atoms with E-state index in [0.717, 1.165) is 25.7 Å². The summed E-state index contributed by atoms with van der Waals surface area (Å²) in [6, 6.07) is 0.106. The molecule has 6 heteroatoms. The predicted octanol–water partition coefficient (Wildman–Crippen LogP) is 2.04. The minimum atomic E-state index is -0.223. The molecule has 2 atom stereocenters. The molecule has 0 amide bonds. The van der Waals surface area contributed by atoms with Gasteiger partial charge >= 0.3 is 0 Å². The standard InChI is InChI=1S/C12H17ClN2O3/c1-17-9-5-3-4-8(6-9)15-7-14-11(13)10(18-2)12(15)16/h7-9H,3-6H2,1-2H3. The highest BCUT2D eigenvalue weighted by Crippen LogP contribution is 2.29. The number of methoxy groups -OCH3 is 2. The van der Waals surface area contributed by atoms with E-state index in [4.69, 9.17) is 21.1 Å². The molecule has 1 heterocycles. The van der Waals surface area contributed by atoms with Gasteiger partial charge < -0.3 is 9.47 Å². The molecule has 1 aromatic heterocycles. The van der Waals surface area contributed by atoms with Gasteiger partial charge in [0, 0.05) is 13.2 Å². The quantitative estimate of drug-likeness (QED) is 0.790. The largest absolute Gasteiger partial charge is 0.489 e. The third-order valence-electron chi connectivity index (χ3n) is 3.44. The first-order valence-electron chi connectivity index (χ1n) is 6.00. The summed E-state index contributed by atoms with van der Waals surface area (Å²) in [4.78, 5) is 16.2. The fourth-order valence-corrected chi connectivity index (χ4v) is 2.65. The smallest absolute Gasteiger partial charge is 0.297 e. The normalized spacial score (nSPS) is 23.9. The molecule has 1 aliphatic rings. The second-order valence-electron chi connectivity index (χ2n) is 4.46. The van der Waals surface area contributed by atoms with Gasteiger partial charge in [0.1, 0.15) is 0 Å². The van der Waals surface area contributed by atoms with Crippen molar-refractivity contribution in [3.8, 4) is 5.75 Å². The molecule has 2 rings (SSSR count). The van der Waals surface area contributed by atoms with Crippen molar-refractivity contribution in [2.24, 2.45) is 0 Å². The Labute approximate surface area is 111 Å². The van der Waals surface area contributed by atoms with E-state index in [1.54, 1.807) is 11.7 Å². The molecule has 0 aliphatic heterocycles. The second-order valence-corrected chi connectivity index (χ2v) is 4.82. The summed E-state index contributed by atoms with van der Waals surface area (Å²) in [5, 5.41) is 0.109. The summed E-state index contributed by atoms with van der Waals surface area (Å²) < 4.78 is 12.0. The van der Waals surface area contributed by atoms with E-state index in [1.165, 1.54) is 13.4 Å². The maximum atomic E-state index is 12.2. The topological polar surface area (TPSA) is 53.4 Å². The lowest BCUT2D eigenvalue weighted by Crippen LogP contribution is -2.31. The second kappa shape index (κ2) is 5.71. The molecule has 5 nitrogen and oxygen atoms in total. The average molecular weight is 273 g/mol. The van der Waals surface area contributed by atoms with Crippen LogP contribution in [0.2, 0.25) is 5.15 Å². The van der Waals surface area contributed by atoms with Gasteiger partial charge in [-0.15, -0.1) is 0 Å². The molecule has 2 unspecified atom stereocenters. The Hall–Kier alpha value is -1.07. The molecular formula is C12H17ClN2O3. The van der Waals surface area contributed by atoms with Crippen molar-refractivity contribution in [2.45, 2.75) is 37.8 Å². The third-order valence-corrected chi connectivity index (χ3v) is 3.71. The number of rotatable bonds is 3. The van der Waals surface area contributed by atoms with Gasteiger partial charge in [0.25, 0.3) is 5.56 Å². The Morgan fingerprint density at radius 3 is 2.89 bits per heavy atom. The van der Waals surface area contributed by atoms with Crippen molar-refractivity contribution in [3.63, 3.8) is 0 Å². The molecule has 0 radical (unpaired) electrons. The molecule has 0 N–H and O–H groups in total. The van der Waals surface area contributed by atoms with Gasteiger partial charge in [0.15, 0.2) is 5.15 Å². The summed E-state index contributed by atoms with van der Waals surface area (Å²) in [7, 11) is 3.13. The molecule has 1 saturated carbocycles. The Kier molecular flexibility index (Phi) is 4.24. The van der Waals surface area contributed by atoms with E-state index >= 15 is 0 Å². The van der Waals surface area contributed by atoms with E-state index in [2.05, 4.69) is 4.98 Å². The van der Waals surface area contributed by atoms with Crippen LogP contribution in [-0.2, 0) is 4.74 Å². The van der Waals surface area contributed by atoms with Gasteiger partial charge in [-0.3, -0.25) is 9.36 Å². The van der Waals surface area contributed by atoms with Crippen molar-refractivity contribution in [1.29, 1.82) is 0 Å². The zero-order valence-corrected chi connectivity index (χ0v) is 11.3. The Bertz CT molecular complexity index is 475. The number of hydrogen-bond donors (Lipinski definition) is 0. The molecule has 0 saturated heterocycles. The monoisotopic (exact) mass is 272 g/mol. The average Bonchev–Trinajstić information content (AvgIpc) is 2.39. The Balaban J connectivity index is 2.31. The van der Waals surface area contributed by atoms with Crippen LogP contribution in [0.15, 0.2) is 11.1 Å². The summed E-state index contributed by atoms with van der Waals surface area (Å²) in [5.41, 5.74) is -0.223. The van der Waals surface area contributed by atoms with Gasteiger partial charge in [0.05, 0.1) is 19.5 Å². The van der Waals surface area contributed by atoms with Crippen molar-refractivity contribution >= 4 is 11.6 Å². The highest BCUT2D eigenvalue weighted by molar-refractivity contribution is 6.30. The molecule has 100 valence electrons. The van der Waals surface area contributed by atoms with Crippen molar-refractivity contribution < 1.29 is 9.47 Å². The first kappa shape index (κ1) is 13.4. The van der Waals surface area contributed by atoms with E-state index < -0.39 is 0 Å². The van der Waals surface area contributed by atoms with Crippen LogP contribution in [0.4, 0.5) is 0 Å². The summed E-state index contributed by atoms with van der Waals surface area (Å²) in [6.07, 6.45) is 5.56. The van der Waals surface area contributed by atoms with E-state index in [0.29, 0.717) is 0 Å². The summed E-state index contributed by atoms with van der Waals surface area (Å²) >= 11 is 5.82. The van der Waals surface area contributed by atoms with E-state index in [1.807, 2.05) is 0 Å². The molecule has 18 heavy (non-hydrogen) atoms. The van der Waals surface area contributed by atoms with Gasteiger partial charge in [0.2, 0.25) is 5.75 Å². The summed E-state index contributed by atoms with van der Waals surface area (Å²) in [6.45, 7) is 0. The highest BCUT2D eigenvalue weighted by atomic mass is 35.5. The molecule has 0 aromatic carbocycles. The maximum absolute atomic E-state index is 12.2. The van der Waals surface area contributed by atoms with Crippen LogP contribution in [0.25, 0.3) is 0 Å². The van der Waals surface area contributed by atoms with Crippen LogP contribution < -0.4 is 10.3 Å². The minimum absolute atomic E-state index is 0.106. The lowest BCUT2D eigenvalue weighted by Gasteiger charge is -2.29. The van der Waals surface area contributed by atoms with E-state index in [-0.39, 0.29) is 28.6 Å². The van der Waals surface area contributed by atoms with Crippen molar-refractivity contribution in [1.82, 2.24) is 9.55 Å². The Morgan fingerprint density at radius 1 is 1.44 bits per heavy atom. The maximum Gasteiger partial charge on any atom is 0.297 e. The number of hydrogen-bond acceptors (Lipinski definition) is 4. The first-order valence-corrected chi connectivity index (χ1v) is 6.38. The number of nitrogens with zero attached hydrogens (tertiary/aromatic N) is 2. The van der Waals surface area contributed by atoms with Crippen LogP contribution in [0.3, 0.4) is 0 Å². The van der Waals surface area contributed by atoms with Crippen molar-refractivity contribution in [2.75, 3.05) is 14.2 Å². The first-order chi connectivity index (χ1) is 8.67. The molecule has 1 aliphatic carbocycles. The van der Waals surface area contributed by atoms with Crippen LogP contribution in [0.5, 0.6) is 5.75 Å². The zero-order chi connectivity index (χ0) is 13.1. The lowest BCUT2D eigenvalue weighted by molar-refractivity contribution is 0.0521. The van der Waals surface area contributed by atoms with Crippen LogP contribution >= 0.6 is 11.6 Å². The third kappa shape index (κ3) is 2.52. The molecule has 1 aromatic rings. The Morgan fingerprint density at radius 2 is 2.22 bits per heavy atom. The lowest BCUT2D eigenvalue weighted by atomic mass is 9.92. The SMILES string of the molecule is COc1c(Cl)ncn(C2CCCC(OC)C2)c1=O. The molecular weight excluding hydrogens is 256 g/mol. The minimum Gasteiger partial charge on any atom is -0.489 e. The zero-order valence-electron chi connectivity index (χ0n) is 10.6. The molecule has 1 fully saturated rings. The molecule has 0 spiro atoms. The van der Waals surface area contributed by atoms with Gasteiger partial charge in [-0.25, -0.2) is 4.98 Å². The van der Waals surface area contributed by atoms with Gasteiger partial charge in [-0.1, -0.05) is 11.6 Å². The fourth-order valence-electron chi connectivity index (χ4n) is 2.45. The van der Waals surface area contributed by atoms with Gasteiger partial charge in [-0.05, 0) is 25.7 Å². The predicted molar refractivity (Wildman–Crippen MR) is 68.4 cm³/mol. The number of halogens is 1. The molecule has 0 bridgehead atoms. The summed E-state index contributed by atoms with van der Waals surface area (Å²) in [5.74, 6) is 0.110. The van der Waals surface area contributed by atoms with Gasteiger partial charge in [-0.2, -0.15) is 0 Å². The fraction of sp³-hybridized carbons (Fsp3) is 0.667. The van der Waals surface area contributed by atoms with Crippen LogP contribution in [0, 0.1) is 0 Å². The van der Waals surface area contributed by atoms with Crippen molar-refractivity contribution in [3.05, 3.63) is 21.8 Å².